The summed E-state index contributed by atoms with van der Waals surface area (Å²) in [5.41, 5.74) is 1.22. The highest BCUT2D eigenvalue weighted by Crippen LogP contribution is 2.28. The van der Waals surface area contributed by atoms with Gasteiger partial charge >= 0.3 is 5.76 Å². The average Bonchev–Trinajstić information content (AvgIpc) is 2.97. The fourth-order valence-electron chi connectivity index (χ4n) is 3.48. The Morgan fingerprint density at radius 2 is 1.88 bits per heavy atom. The fourth-order valence-corrected chi connectivity index (χ4v) is 3.65. The molecule has 0 unspecified atom stereocenters. The van der Waals surface area contributed by atoms with Crippen molar-refractivity contribution in [2.24, 2.45) is 0 Å². The van der Waals surface area contributed by atoms with E-state index in [1.807, 2.05) is 0 Å². The average molecular weight is 375 g/mol. The molecule has 1 aliphatic heterocycles. The third kappa shape index (κ3) is 2.90. The van der Waals surface area contributed by atoms with Gasteiger partial charge in [0.05, 0.1) is 11.1 Å². The van der Waals surface area contributed by atoms with E-state index in [2.05, 4.69) is 0 Å². The van der Waals surface area contributed by atoms with Crippen molar-refractivity contribution >= 4 is 28.6 Å². The maximum Gasteiger partial charge on any atom is 0.420 e. The van der Waals surface area contributed by atoms with Crippen LogP contribution in [0.5, 0.6) is 0 Å². The van der Waals surface area contributed by atoms with Crippen LogP contribution in [0.15, 0.2) is 51.7 Å². The van der Waals surface area contributed by atoms with Crippen LogP contribution in [-0.2, 0) is 0 Å². The van der Waals surface area contributed by atoms with Crippen LogP contribution in [0.2, 0.25) is 5.02 Å². The van der Waals surface area contributed by atoms with Gasteiger partial charge in [-0.1, -0.05) is 23.7 Å². The van der Waals surface area contributed by atoms with E-state index in [1.165, 1.54) is 12.1 Å². The van der Waals surface area contributed by atoms with Gasteiger partial charge in [-0.2, -0.15) is 0 Å². The van der Waals surface area contributed by atoms with Crippen LogP contribution >= 0.6 is 11.6 Å². The molecule has 134 valence electrons. The van der Waals surface area contributed by atoms with Gasteiger partial charge in [0.15, 0.2) is 5.58 Å². The SMILES string of the molecule is O=C(c1ccccc1F)N1CCC(n2c(=O)oc3ccc(Cl)cc32)CC1. The Morgan fingerprint density at radius 1 is 1.15 bits per heavy atom. The number of nitrogens with zero attached hydrogens (tertiary/aromatic N) is 2. The van der Waals surface area contributed by atoms with E-state index in [0.29, 0.717) is 42.1 Å². The number of piperidine rings is 1. The number of benzene rings is 2. The molecular weight excluding hydrogens is 359 g/mol. The number of amides is 1. The number of rotatable bonds is 2. The molecule has 2 aromatic carbocycles. The van der Waals surface area contributed by atoms with Crippen LogP contribution in [-0.4, -0.2) is 28.5 Å². The molecule has 26 heavy (non-hydrogen) atoms. The lowest BCUT2D eigenvalue weighted by molar-refractivity contribution is 0.0689. The predicted molar refractivity (Wildman–Crippen MR) is 96.1 cm³/mol. The first-order valence-electron chi connectivity index (χ1n) is 8.39. The number of likely N-dealkylation sites (tertiary alicyclic amines) is 1. The number of hydrogen-bond acceptors (Lipinski definition) is 3. The number of fused-ring (bicyclic) bond motifs is 1. The lowest BCUT2D eigenvalue weighted by Crippen LogP contribution is -2.40. The van der Waals surface area contributed by atoms with E-state index >= 15 is 0 Å². The van der Waals surface area contributed by atoms with Crippen LogP contribution in [0, 0.1) is 5.82 Å². The lowest BCUT2D eigenvalue weighted by Gasteiger charge is -2.32. The van der Waals surface area contributed by atoms with Crippen molar-refractivity contribution < 1.29 is 13.6 Å². The summed E-state index contributed by atoms with van der Waals surface area (Å²) in [5, 5.41) is 0.527. The second-order valence-corrected chi connectivity index (χ2v) is 6.79. The predicted octanol–water partition coefficient (Wildman–Crippen LogP) is 3.86. The maximum atomic E-state index is 13.8. The van der Waals surface area contributed by atoms with E-state index in [0.717, 1.165) is 0 Å². The van der Waals surface area contributed by atoms with Gasteiger partial charge in [-0.05, 0) is 43.2 Å². The summed E-state index contributed by atoms with van der Waals surface area (Å²) in [4.78, 5) is 26.4. The Morgan fingerprint density at radius 3 is 2.62 bits per heavy atom. The Balaban J connectivity index is 1.55. The van der Waals surface area contributed by atoms with Crippen molar-refractivity contribution in [2.75, 3.05) is 13.1 Å². The molecule has 1 amide bonds. The molecule has 0 atom stereocenters. The van der Waals surface area contributed by atoms with Crippen LogP contribution in [0.25, 0.3) is 11.1 Å². The summed E-state index contributed by atoms with van der Waals surface area (Å²) < 4.78 is 20.7. The molecule has 7 heteroatoms. The number of aromatic nitrogens is 1. The molecule has 1 fully saturated rings. The molecular formula is C19H16ClFN2O3. The van der Waals surface area contributed by atoms with Crippen molar-refractivity contribution in [2.45, 2.75) is 18.9 Å². The summed E-state index contributed by atoms with van der Waals surface area (Å²) in [5.74, 6) is -1.28. The molecule has 0 radical (unpaired) electrons. The molecule has 0 spiro atoms. The number of carbonyl (C=O) groups excluding carboxylic acids is 1. The van der Waals surface area contributed by atoms with Gasteiger partial charge < -0.3 is 9.32 Å². The van der Waals surface area contributed by atoms with E-state index in [4.69, 9.17) is 16.0 Å². The van der Waals surface area contributed by atoms with Crippen LogP contribution < -0.4 is 5.76 Å². The monoisotopic (exact) mass is 374 g/mol. The fraction of sp³-hybridized carbons (Fsp3) is 0.263. The summed E-state index contributed by atoms with van der Waals surface area (Å²) in [6.07, 6.45) is 1.17. The molecule has 1 saturated heterocycles. The zero-order valence-electron chi connectivity index (χ0n) is 13.8. The second kappa shape index (κ2) is 6.61. The third-order valence-corrected chi connectivity index (χ3v) is 5.03. The van der Waals surface area contributed by atoms with Gasteiger partial charge in [-0.25, -0.2) is 9.18 Å². The Labute approximate surface area is 153 Å². The zero-order valence-corrected chi connectivity index (χ0v) is 14.6. The standard InChI is InChI=1S/C19H16ClFN2O3/c20-12-5-6-17-16(11-12)23(19(25)26-17)13-7-9-22(10-8-13)18(24)14-3-1-2-4-15(14)21/h1-6,11,13H,7-10H2. The molecule has 0 saturated carbocycles. The first-order chi connectivity index (χ1) is 12.5. The van der Waals surface area contributed by atoms with Gasteiger partial charge in [0.1, 0.15) is 5.82 Å². The topological polar surface area (TPSA) is 55.5 Å². The van der Waals surface area contributed by atoms with Crippen molar-refractivity contribution in [1.29, 1.82) is 0 Å². The molecule has 1 aromatic heterocycles. The Hall–Kier alpha value is -2.60. The molecule has 0 bridgehead atoms. The molecule has 5 nitrogen and oxygen atoms in total. The van der Waals surface area contributed by atoms with Crippen molar-refractivity contribution in [3.8, 4) is 0 Å². The molecule has 1 aliphatic rings. The number of hydrogen-bond donors (Lipinski definition) is 0. The Bertz CT molecular complexity index is 1030. The third-order valence-electron chi connectivity index (χ3n) is 4.80. The van der Waals surface area contributed by atoms with E-state index in [9.17, 15) is 14.0 Å². The van der Waals surface area contributed by atoms with Crippen molar-refractivity contribution in [3.05, 3.63) is 69.4 Å². The van der Waals surface area contributed by atoms with Crippen molar-refractivity contribution in [3.63, 3.8) is 0 Å². The number of halogens is 2. The van der Waals surface area contributed by atoms with E-state index in [-0.39, 0.29) is 17.5 Å². The highest BCUT2D eigenvalue weighted by Gasteiger charge is 2.28. The summed E-state index contributed by atoms with van der Waals surface area (Å²) in [6.45, 7) is 0.884. The van der Waals surface area contributed by atoms with Crippen LogP contribution in [0.1, 0.15) is 29.2 Å². The van der Waals surface area contributed by atoms with Gasteiger partial charge in [-0.15, -0.1) is 0 Å². The highest BCUT2D eigenvalue weighted by atomic mass is 35.5. The molecule has 4 rings (SSSR count). The normalized spacial score (nSPS) is 15.5. The summed E-state index contributed by atoms with van der Waals surface area (Å²) in [6, 6.07) is 10.9. The maximum absolute atomic E-state index is 13.8. The minimum absolute atomic E-state index is 0.0728. The first kappa shape index (κ1) is 16.8. The molecule has 2 heterocycles. The molecule has 0 aliphatic carbocycles. The Kier molecular flexibility index (Phi) is 4.28. The van der Waals surface area contributed by atoms with E-state index in [1.54, 1.807) is 39.8 Å². The zero-order chi connectivity index (χ0) is 18.3. The number of carbonyl (C=O) groups is 1. The lowest BCUT2D eigenvalue weighted by atomic mass is 10.0. The minimum atomic E-state index is -0.522. The van der Waals surface area contributed by atoms with Crippen molar-refractivity contribution in [1.82, 2.24) is 9.47 Å². The van der Waals surface area contributed by atoms with E-state index < -0.39 is 11.6 Å². The largest absolute Gasteiger partial charge is 0.420 e. The highest BCUT2D eigenvalue weighted by molar-refractivity contribution is 6.31. The van der Waals surface area contributed by atoms with Gasteiger partial charge in [-0.3, -0.25) is 9.36 Å². The van der Waals surface area contributed by atoms with Gasteiger partial charge in [0.25, 0.3) is 5.91 Å². The van der Waals surface area contributed by atoms with Gasteiger partial charge in [0.2, 0.25) is 0 Å². The number of oxazole rings is 1. The smallest absolute Gasteiger partial charge is 0.408 e. The second-order valence-electron chi connectivity index (χ2n) is 6.35. The van der Waals surface area contributed by atoms with Crippen LogP contribution in [0.3, 0.4) is 0 Å². The molecule has 0 N–H and O–H groups in total. The summed E-state index contributed by atoms with van der Waals surface area (Å²) >= 11 is 6.04. The first-order valence-corrected chi connectivity index (χ1v) is 8.77. The van der Waals surface area contributed by atoms with Crippen LogP contribution in [0.4, 0.5) is 4.39 Å². The molecule has 3 aromatic rings. The summed E-state index contributed by atoms with van der Waals surface area (Å²) in [7, 11) is 0. The quantitative estimate of drug-likeness (QED) is 0.684. The van der Waals surface area contributed by atoms with Gasteiger partial charge in [0, 0.05) is 24.2 Å². The minimum Gasteiger partial charge on any atom is -0.408 e.